The van der Waals surface area contributed by atoms with E-state index < -0.39 is 5.82 Å². The molecule has 18 heavy (non-hydrogen) atoms. The minimum absolute atomic E-state index is 0.0825. The fourth-order valence-corrected chi connectivity index (χ4v) is 2.24. The Balaban J connectivity index is 2.08. The van der Waals surface area contributed by atoms with Gasteiger partial charge in [0.2, 0.25) is 5.91 Å². The maximum Gasteiger partial charge on any atom is 0.240 e. The summed E-state index contributed by atoms with van der Waals surface area (Å²) < 4.78 is 13.3. The van der Waals surface area contributed by atoms with Crippen molar-refractivity contribution in [2.45, 2.75) is 25.9 Å². The number of hydrogen-bond acceptors (Lipinski definition) is 2. The number of amides is 1. The second-order valence-corrected chi connectivity index (χ2v) is 4.83. The summed E-state index contributed by atoms with van der Waals surface area (Å²) in [6, 6.07) is 4.55. The summed E-state index contributed by atoms with van der Waals surface area (Å²) in [5.74, 6) is -0.358. The van der Waals surface area contributed by atoms with E-state index in [4.69, 9.17) is 11.6 Å². The lowest BCUT2D eigenvalue weighted by Crippen LogP contribution is -2.54. The van der Waals surface area contributed by atoms with Crippen LogP contribution in [0.1, 0.15) is 18.9 Å². The van der Waals surface area contributed by atoms with Gasteiger partial charge in [0.1, 0.15) is 5.82 Å². The largest absolute Gasteiger partial charge is 0.336 e. The van der Waals surface area contributed by atoms with Gasteiger partial charge in [0.25, 0.3) is 0 Å². The number of carbonyl (C=O) groups excluding carboxylic acids is 1. The number of piperazine rings is 1. The Labute approximate surface area is 111 Å². The van der Waals surface area contributed by atoms with Gasteiger partial charge in [0.05, 0.1) is 11.1 Å². The lowest BCUT2D eigenvalue weighted by molar-refractivity contribution is -0.136. The normalized spacial score (nSPS) is 20.3. The lowest BCUT2D eigenvalue weighted by Gasteiger charge is -2.32. The molecule has 0 radical (unpaired) electrons. The van der Waals surface area contributed by atoms with Crippen molar-refractivity contribution >= 4 is 17.5 Å². The molecule has 0 aliphatic carbocycles. The second kappa shape index (κ2) is 5.67. The SMILES string of the molecule is CCC1NCCN(Cc2ccc(Cl)c(F)c2)C1=O. The van der Waals surface area contributed by atoms with Crippen molar-refractivity contribution in [3.05, 3.63) is 34.6 Å². The average Bonchev–Trinajstić information content (AvgIpc) is 2.36. The van der Waals surface area contributed by atoms with Crippen LogP contribution >= 0.6 is 11.6 Å². The number of rotatable bonds is 3. The van der Waals surface area contributed by atoms with Crippen LogP contribution < -0.4 is 5.32 Å². The molecule has 1 aromatic rings. The van der Waals surface area contributed by atoms with Crippen LogP contribution in [-0.4, -0.2) is 29.9 Å². The predicted molar refractivity (Wildman–Crippen MR) is 68.9 cm³/mol. The smallest absolute Gasteiger partial charge is 0.240 e. The molecule has 1 heterocycles. The van der Waals surface area contributed by atoms with Crippen molar-refractivity contribution in [1.82, 2.24) is 10.2 Å². The van der Waals surface area contributed by atoms with Crippen LogP contribution in [-0.2, 0) is 11.3 Å². The molecule has 3 nitrogen and oxygen atoms in total. The van der Waals surface area contributed by atoms with E-state index >= 15 is 0 Å². The summed E-state index contributed by atoms with van der Waals surface area (Å²) in [6.07, 6.45) is 0.768. The minimum atomic E-state index is -0.441. The van der Waals surface area contributed by atoms with E-state index in [1.807, 2.05) is 6.92 Å². The van der Waals surface area contributed by atoms with E-state index in [1.165, 1.54) is 12.1 Å². The Morgan fingerprint density at radius 2 is 2.33 bits per heavy atom. The summed E-state index contributed by atoms with van der Waals surface area (Å²) in [6.45, 7) is 3.84. The molecule has 98 valence electrons. The zero-order chi connectivity index (χ0) is 13.1. The van der Waals surface area contributed by atoms with Gasteiger partial charge in [0, 0.05) is 19.6 Å². The van der Waals surface area contributed by atoms with Crippen molar-refractivity contribution in [2.24, 2.45) is 0 Å². The van der Waals surface area contributed by atoms with Crippen LogP contribution in [0.5, 0.6) is 0 Å². The summed E-state index contributed by atoms with van der Waals surface area (Å²) in [7, 11) is 0. The Bertz CT molecular complexity index is 453. The van der Waals surface area contributed by atoms with E-state index in [-0.39, 0.29) is 17.0 Å². The molecule has 1 unspecified atom stereocenters. The number of benzene rings is 1. The summed E-state index contributed by atoms with van der Waals surface area (Å²) >= 11 is 5.63. The molecule has 1 aromatic carbocycles. The summed E-state index contributed by atoms with van der Waals surface area (Å²) in [5.41, 5.74) is 0.766. The van der Waals surface area contributed by atoms with E-state index in [0.717, 1.165) is 18.5 Å². The third kappa shape index (κ3) is 2.82. The molecule has 5 heteroatoms. The van der Waals surface area contributed by atoms with Gasteiger partial charge in [-0.1, -0.05) is 24.6 Å². The molecule has 0 bridgehead atoms. The van der Waals surface area contributed by atoms with Crippen molar-refractivity contribution in [3.63, 3.8) is 0 Å². The minimum Gasteiger partial charge on any atom is -0.336 e. The van der Waals surface area contributed by atoms with Crippen molar-refractivity contribution in [3.8, 4) is 0 Å². The maximum absolute atomic E-state index is 13.3. The van der Waals surface area contributed by atoms with Gasteiger partial charge >= 0.3 is 0 Å². The van der Waals surface area contributed by atoms with Crippen molar-refractivity contribution in [1.29, 1.82) is 0 Å². The molecule has 1 aliphatic rings. The third-order valence-corrected chi connectivity index (χ3v) is 3.45. The van der Waals surface area contributed by atoms with Gasteiger partial charge in [-0.15, -0.1) is 0 Å². The van der Waals surface area contributed by atoms with Gasteiger partial charge in [-0.3, -0.25) is 4.79 Å². The van der Waals surface area contributed by atoms with Crippen LogP contribution in [0.2, 0.25) is 5.02 Å². The third-order valence-electron chi connectivity index (χ3n) is 3.15. The van der Waals surface area contributed by atoms with Crippen LogP contribution in [0.4, 0.5) is 4.39 Å². The Hall–Kier alpha value is -1.13. The van der Waals surface area contributed by atoms with Gasteiger partial charge in [0.15, 0.2) is 0 Å². The maximum atomic E-state index is 13.3. The Morgan fingerprint density at radius 3 is 3.00 bits per heavy atom. The van der Waals surface area contributed by atoms with Gasteiger partial charge in [-0.2, -0.15) is 0 Å². The first-order chi connectivity index (χ1) is 8.61. The molecule has 1 saturated heterocycles. The zero-order valence-electron chi connectivity index (χ0n) is 10.2. The molecule has 0 aromatic heterocycles. The van der Waals surface area contributed by atoms with Crippen LogP contribution in [0, 0.1) is 5.82 Å². The highest BCUT2D eigenvalue weighted by Gasteiger charge is 2.26. The Kier molecular flexibility index (Phi) is 4.19. The van der Waals surface area contributed by atoms with Gasteiger partial charge in [-0.25, -0.2) is 4.39 Å². The number of hydrogen-bond donors (Lipinski definition) is 1. The second-order valence-electron chi connectivity index (χ2n) is 4.42. The van der Waals surface area contributed by atoms with Crippen LogP contribution in [0.3, 0.4) is 0 Å². The molecular formula is C13H16ClFN2O. The number of nitrogens with one attached hydrogen (secondary N) is 1. The lowest BCUT2D eigenvalue weighted by atomic mass is 10.1. The molecule has 1 atom stereocenters. The van der Waals surface area contributed by atoms with Crippen molar-refractivity contribution in [2.75, 3.05) is 13.1 Å². The van der Waals surface area contributed by atoms with Gasteiger partial charge in [-0.05, 0) is 24.1 Å². The highest BCUT2D eigenvalue weighted by molar-refractivity contribution is 6.30. The molecule has 2 rings (SSSR count). The topological polar surface area (TPSA) is 32.3 Å². The molecular weight excluding hydrogens is 255 g/mol. The Morgan fingerprint density at radius 1 is 1.56 bits per heavy atom. The zero-order valence-corrected chi connectivity index (χ0v) is 11.0. The molecule has 1 amide bonds. The first-order valence-electron chi connectivity index (χ1n) is 6.08. The fraction of sp³-hybridized carbons (Fsp3) is 0.462. The standard InChI is InChI=1S/C13H16ClFN2O/c1-2-12-13(18)17(6-5-16-12)8-9-3-4-10(14)11(15)7-9/h3-4,7,12,16H,2,5-6,8H2,1H3. The molecule has 1 aliphatic heterocycles. The predicted octanol–water partition coefficient (Wildman–Crippen LogP) is 2.19. The van der Waals surface area contributed by atoms with E-state index in [0.29, 0.717) is 13.1 Å². The highest BCUT2D eigenvalue weighted by Crippen LogP contribution is 2.17. The first kappa shape index (κ1) is 13.3. The monoisotopic (exact) mass is 270 g/mol. The summed E-state index contributed by atoms with van der Waals surface area (Å²) in [4.78, 5) is 13.8. The molecule has 1 N–H and O–H groups in total. The van der Waals surface area contributed by atoms with Gasteiger partial charge < -0.3 is 10.2 Å². The molecule has 0 spiro atoms. The van der Waals surface area contributed by atoms with Crippen LogP contribution in [0.15, 0.2) is 18.2 Å². The first-order valence-corrected chi connectivity index (χ1v) is 6.45. The number of halogens is 2. The van der Waals surface area contributed by atoms with Crippen LogP contribution in [0.25, 0.3) is 0 Å². The van der Waals surface area contributed by atoms with E-state index in [2.05, 4.69) is 5.32 Å². The fourth-order valence-electron chi connectivity index (χ4n) is 2.13. The number of carbonyl (C=O) groups is 1. The van der Waals surface area contributed by atoms with E-state index in [1.54, 1.807) is 11.0 Å². The van der Waals surface area contributed by atoms with E-state index in [9.17, 15) is 9.18 Å². The molecule has 1 fully saturated rings. The highest BCUT2D eigenvalue weighted by atomic mass is 35.5. The quantitative estimate of drug-likeness (QED) is 0.913. The summed E-state index contributed by atoms with van der Waals surface area (Å²) in [5, 5.41) is 3.28. The van der Waals surface area contributed by atoms with Crippen molar-refractivity contribution < 1.29 is 9.18 Å². The number of nitrogens with zero attached hydrogens (tertiary/aromatic N) is 1. The molecule has 0 saturated carbocycles. The average molecular weight is 271 g/mol.